The van der Waals surface area contributed by atoms with Gasteiger partial charge in [0.2, 0.25) is 5.91 Å². The standard InChI is InChI=1S/C22H34N2O3S/c1-4-18-11-19-20(28-18)5-8-27-22(19)6-7-24(15(2)12-22)13-16-9-17(10-16)23-21(25)14-26-3/h11,15-17H,4-10,12-14H2,1-3H3,(H,23,25)/t15-,16?,17?,22+/m0/s1. The molecule has 1 aromatic rings. The monoisotopic (exact) mass is 406 g/mol. The van der Waals surface area contributed by atoms with Crippen LogP contribution in [0.5, 0.6) is 0 Å². The number of nitrogens with one attached hydrogen (secondary N) is 1. The number of amides is 1. The number of aryl methyl sites for hydroxylation is 1. The average molecular weight is 407 g/mol. The second-order valence-corrected chi connectivity index (χ2v) is 10.1. The van der Waals surface area contributed by atoms with Gasteiger partial charge in [0.15, 0.2) is 0 Å². The number of fused-ring (bicyclic) bond motifs is 2. The van der Waals surface area contributed by atoms with Crippen LogP contribution < -0.4 is 5.32 Å². The zero-order valence-corrected chi connectivity index (χ0v) is 18.3. The van der Waals surface area contributed by atoms with Crippen molar-refractivity contribution in [1.29, 1.82) is 0 Å². The minimum absolute atomic E-state index is 0.00620. The minimum atomic E-state index is -0.0519. The molecule has 2 fully saturated rings. The van der Waals surface area contributed by atoms with Gasteiger partial charge in [-0.15, -0.1) is 11.3 Å². The quantitative estimate of drug-likeness (QED) is 0.789. The summed E-state index contributed by atoms with van der Waals surface area (Å²) in [6.07, 6.45) is 6.59. The van der Waals surface area contributed by atoms with E-state index in [-0.39, 0.29) is 18.1 Å². The molecular weight excluding hydrogens is 372 g/mol. The molecule has 1 aliphatic carbocycles. The molecule has 3 heterocycles. The lowest BCUT2D eigenvalue weighted by Gasteiger charge is -2.49. The molecule has 1 N–H and O–H groups in total. The van der Waals surface area contributed by atoms with Crippen LogP contribution in [-0.2, 0) is 32.7 Å². The Hall–Kier alpha value is -0.950. The van der Waals surface area contributed by atoms with Crippen molar-refractivity contribution < 1.29 is 14.3 Å². The summed E-state index contributed by atoms with van der Waals surface area (Å²) in [6, 6.07) is 3.30. The molecular formula is C22H34N2O3S. The number of ether oxygens (including phenoxy) is 2. The number of hydrogen-bond donors (Lipinski definition) is 1. The largest absolute Gasteiger partial charge is 0.375 e. The second kappa shape index (κ2) is 8.42. The second-order valence-electron chi connectivity index (χ2n) is 8.83. The molecule has 1 aromatic heterocycles. The van der Waals surface area contributed by atoms with Gasteiger partial charge in [0.1, 0.15) is 6.61 Å². The topological polar surface area (TPSA) is 50.8 Å². The van der Waals surface area contributed by atoms with Crippen molar-refractivity contribution in [3.63, 3.8) is 0 Å². The fourth-order valence-corrected chi connectivity index (χ4v) is 6.46. The van der Waals surface area contributed by atoms with E-state index in [0.29, 0.717) is 18.0 Å². The maximum atomic E-state index is 11.6. The average Bonchev–Trinajstić information content (AvgIpc) is 3.07. The van der Waals surface area contributed by atoms with Gasteiger partial charge >= 0.3 is 0 Å². The van der Waals surface area contributed by atoms with Crippen LogP contribution in [-0.4, -0.2) is 56.3 Å². The van der Waals surface area contributed by atoms with Crippen molar-refractivity contribution in [2.45, 2.75) is 70.1 Å². The van der Waals surface area contributed by atoms with Crippen molar-refractivity contribution in [3.05, 3.63) is 21.4 Å². The van der Waals surface area contributed by atoms with Gasteiger partial charge in [0.05, 0.1) is 12.2 Å². The number of carbonyl (C=O) groups is 1. The first kappa shape index (κ1) is 20.3. The molecule has 0 unspecified atom stereocenters. The van der Waals surface area contributed by atoms with E-state index in [1.807, 2.05) is 11.3 Å². The molecule has 0 radical (unpaired) electrons. The van der Waals surface area contributed by atoms with Crippen LogP contribution in [0.4, 0.5) is 0 Å². The van der Waals surface area contributed by atoms with E-state index in [2.05, 4.69) is 30.1 Å². The van der Waals surface area contributed by atoms with E-state index in [0.717, 1.165) is 58.2 Å². The predicted molar refractivity (Wildman–Crippen MR) is 112 cm³/mol. The first-order valence-electron chi connectivity index (χ1n) is 10.8. The van der Waals surface area contributed by atoms with Gasteiger partial charge in [-0.05, 0) is 56.6 Å². The van der Waals surface area contributed by atoms with Crippen molar-refractivity contribution >= 4 is 17.2 Å². The predicted octanol–water partition coefficient (Wildman–Crippen LogP) is 3.10. The molecule has 156 valence electrons. The van der Waals surface area contributed by atoms with E-state index in [1.54, 1.807) is 12.0 Å². The van der Waals surface area contributed by atoms with E-state index in [4.69, 9.17) is 9.47 Å². The highest BCUT2D eigenvalue weighted by Crippen LogP contribution is 2.46. The van der Waals surface area contributed by atoms with Crippen molar-refractivity contribution in [2.24, 2.45) is 5.92 Å². The van der Waals surface area contributed by atoms with E-state index in [1.165, 1.54) is 10.4 Å². The van der Waals surface area contributed by atoms with Gasteiger partial charge in [0.25, 0.3) is 0 Å². The smallest absolute Gasteiger partial charge is 0.246 e. The summed E-state index contributed by atoms with van der Waals surface area (Å²) in [4.78, 5) is 17.3. The summed E-state index contributed by atoms with van der Waals surface area (Å²) < 4.78 is 11.4. The molecule has 6 heteroatoms. The molecule has 1 spiro atoms. The molecule has 2 aliphatic heterocycles. The lowest BCUT2D eigenvalue weighted by atomic mass is 9.76. The Morgan fingerprint density at radius 1 is 1.46 bits per heavy atom. The number of rotatable bonds is 6. The van der Waals surface area contributed by atoms with Crippen molar-refractivity contribution in [3.8, 4) is 0 Å². The van der Waals surface area contributed by atoms with Crippen LogP contribution in [0.1, 0.15) is 54.8 Å². The van der Waals surface area contributed by atoms with E-state index in [9.17, 15) is 4.79 Å². The van der Waals surface area contributed by atoms with Gasteiger partial charge in [-0.3, -0.25) is 4.79 Å². The molecule has 1 saturated heterocycles. The fourth-order valence-electron chi connectivity index (χ4n) is 5.28. The van der Waals surface area contributed by atoms with E-state index < -0.39 is 0 Å². The molecule has 0 aromatic carbocycles. The van der Waals surface area contributed by atoms with Crippen LogP contribution in [0.3, 0.4) is 0 Å². The van der Waals surface area contributed by atoms with Crippen molar-refractivity contribution in [1.82, 2.24) is 10.2 Å². The molecule has 1 saturated carbocycles. The maximum absolute atomic E-state index is 11.6. The van der Waals surface area contributed by atoms with Crippen LogP contribution in [0, 0.1) is 5.92 Å². The fraction of sp³-hybridized carbons (Fsp3) is 0.773. The third kappa shape index (κ3) is 4.02. The first-order chi connectivity index (χ1) is 13.5. The van der Waals surface area contributed by atoms with E-state index >= 15 is 0 Å². The molecule has 4 rings (SSSR count). The normalized spacial score (nSPS) is 32.8. The zero-order valence-electron chi connectivity index (χ0n) is 17.5. The lowest BCUT2D eigenvalue weighted by Crippen LogP contribution is -2.54. The molecule has 2 atom stereocenters. The van der Waals surface area contributed by atoms with Crippen LogP contribution in [0.15, 0.2) is 6.07 Å². The highest BCUT2D eigenvalue weighted by molar-refractivity contribution is 7.12. The van der Waals surface area contributed by atoms with Gasteiger partial charge in [-0.1, -0.05) is 6.92 Å². The Balaban J connectivity index is 1.31. The minimum Gasteiger partial charge on any atom is -0.375 e. The molecule has 3 aliphatic rings. The highest BCUT2D eigenvalue weighted by Gasteiger charge is 2.45. The maximum Gasteiger partial charge on any atom is 0.246 e. The summed E-state index contributed by atoms with van der Waals surface area (Å²) in [7, 11) is 1.56. The molecule has 1 amide bonds. The zero-order chi connectivity index (χ0) is 19.7. The number of piperidine rings is 1. The SMILES string of the molecule is CCc1cc2c(s1)CCO[C@@]21CCN(CC2CC(NC(=O)COC)C2)[C@@H](C)C1. The first-order valence-corrected chi connectivity index (χ1v) is 11.6. The number of likely N-dealkylation sites (tertiary alicyclic amines) is 1. The van der Waals surface area contributed by atoms with Crippen LogP contribution in [0.2, 0.25) is 0 Å². The Kier molecular flexibility index (Phi) is 6.12. The van der Waals surface area contributed by atoms with Crippen LogP contribution >= 0.6 is 11.3 Å². The van der Waals surface area contributed by atoms with Gasteiger partial charge in [-0.2, -0.15) is 0 Å². The third-order valence-corrected chi connectivity index (χ3v) is 8.17. The molecule has 5 nitrogen and oxygen atoms in total. The Morgan fingerprint density at radius 3 is 3.00 bits per heavy atom. The molecule has 0 bridgehead atoms. The summed E-state index contributed by atoms with van der Waals surface area (Å²) in [5.74, 6) is 0.701. The number of nitrogens with zero attached hydrogens (tertiary/aromatic N) is 1. The van der Waals surface area contributed by atoms with Crippen molar-refractivity contribution in [2.75, 3.05) is 33.4 Å². The van der Waals surface area contributed by atoms with Gasteiger partial charge in [-0.25, -0.2) is 0 Å². The highest BCUT2D eigenvalue weighted by atomic mass is 32.1. The third-order valence-electron chi connectivity index (χ3n) is 6.83. The Labute approximate surface area is 172 Å². The Morgan fingerprint density at radius 2 is 2.29 bits per heavy atom. The number of carbonyl (C=O) groups excluding carboxylic acids is 1. The number of methoxy groups -OCH3 is 1. The lowest BCUT2D eigenvalue weighted by molar-refractivity contribution is -0.127. The Bertz CT molecular complexity index is 700. The van der Waals surface area contributed by atoms with Crippen LogP contribution in [0.25, 0.3) is 0 Å². The summed E-state index contributed by atoms with van der Waals surface area (Å²) in [6.45, 7) is 7.90. The summed E-state index contributed by atoms with van der Waals surface area (Å²) in [5.41, 5.74) is 1.45. The van der Waals surface area contributed by atoms with Gasteiger partial charge in [0, 0.05) is 48.5 Å². The van der Waals surface area contributed by atoms with Gasteiger partial charge < -0.3 is 19.7 Å². The number of thiophene rings is 1. The summed E-state index contributed by atoms with van der Waals surface area (Å²) >= 11 is 2.00. The summed E-state index contributed by atoms with van der Waals surface area (Å²) in [5, 5.41) is 3.06. The number of hydrogen-bond acceptors (Lipinski definition) is 5. The molecule has 28 heavy (non-hydrogen) atoms.